The summed E-state index contributed by atoms with van der Waals surface area (Å²) in [5.74, 6) is 0. The van der Waals surface area contributed by atoms with E-state index in [0.29, 0.717) is 17.8 Å². The van der Waals surface area contributed by atoms with Gasteiger partial charge in [0.2, 0.25) is 0 Å². The molecule has 0 aliphatic heterocycles. The Morgan fingerprint density at radius 2 is 1.68 bits per heavy atom. The summed E-state index contributed by atoms with van der Waals surface area (Å²) < 4.78 is 8.89. The lowest BCUT2D eigenvalue weighted by molar-refractivity contribution is 0.559. The average molecular weight is 411 g/mol. The van der Waals surface area contributed by atoms with E-state index in [1.54, 1.807) is 4.68 Å². The largest absolute Gasteiger partial charge is 0.423 e. The second-order valence-electron chi connectivity index (χ2n) is 7.54. The molecule has 0 radical (unpaired) electrons. The van der Waals surface area contributed by atoms with Crippen LogP contribution in [-0.2, 0) is 13.6 Å². The first-order chi connectivity index (χ1) is 15.0. The topological polar surface area (TPSA) is 69.2 Å². The minimum Gasteiger partial charge on any atom is -0.423 e. The van der Waals surface area contributed by atoms with Crippen molar-refractivity contribution in [1.82, 2.24) is 9.36 Å². The van der Waals surface area contributed by atoms with Crippen molar-refractivity contribution in [3.8, 4) is 5.69 Å². The zero-order valence-electron chi connectivity index (χ0n) is 17.3. The molecule has 2 aromatic heterocycles. The van der Waals surface area contributed by atoms with Crippen molar-refractivity contribution in [2.75, 3.05) is 5.32 Å². The molecule has 154 valence electrons. The molecule has 0 unspecified atom stereocenters. The number of hydrogen-bond acceptors (Lipinski definition) is 4. The van der Waals surface area contributed by atoms with Crippen molar-refractivity contribution in [3.63, 3.8) is 0 Å². The molecule has 0 bridgehead atoms. The molecule has 0 saturated carbocycles. The Labute approximate surface area is 177 Å². The van der Waals surface area contributed by atoms with Crippen LogP contribution in [0.2, 0.25) is 0 Å². The van der Waals surface area contributed by atoms with E-state index in [4.69, 9.17) is 4.42 Å². The molecule has 6 nitrogen and oxygen atoms in total. The van der Waals surface area contributed by atoms with Crippen molar-refractivity contribution in [2.45, 2.75) is 13.5 Å². The molecular formula is C25H21N3O3. The minimum atomic E-state index is -0.411. The minimum absolute atomic E-state index is 0.136. The van der Waals surface area contributed by atoms with Gasteiger partial charge in [-0.05, 0) is 41.5 Å². The zero-order chi connectivity index (χ0) is 21.5. The van der Waals surface area contributed by atoms with Crippen LogP contribution in [0.5, 0.6) is 0 Å². The standard InChI is InChI=1S/C25H21N3O3/c1-16-24(25(30)28(27(16)2)19-9-4-3-5-10-19)26-15-18-14-22(29)31-21-13-12-17-8-6-7-11-20(17)23(18)21/h3-14,26H,15H2,1-2H3. The average Bonchev–Trinajstić information content (AvgIpc) is 3.00. The third-order valence-electron chi connectivity index (χ3n) is 5.72. The Balaban J connectivity index is 1.61. The summed E-state index contributed by atoms with van der Waals surface area (Å²) in [6, 6.07) is 22.7. The van der Waals surface area contributed by atoms with Crippen LogP contribution in [0.1, 0.15) is 11.3 Å². The molecule has 6 heteroatoms. The Bertz CT molecular complexity index is 1540. The summed E-state index contributed by atoms with van der Waals surface area (Å²) in [6.45, 7) is 2.22. The van der Waals surface area contributed by atoms with E-state index < -0.39 is 5.63 Å². The maximum absolute atomic E-state index is 13.2. The number of para-hydroxylation sites is 1. The number of rotatable bonds is 4. The molecule has 1 N–H and O–H groups in total. The highest BCUT2D eigenvalue weighted by atomic mass is 16.4. The van der Waals surface area contributed by atoms with Crippen molar-refractivity contribution in [2.24, 2.45) is 7.05 Å². The van der Waals surface area contributed by atoms with Gasteiger partial charge in [0.15, 0.2) is 0 Å². The van der Waals surface area contributed by atoms with Gasteiger partial charge in [-0.15, -0.1) is 0 Å². The van der Waals surface area contributed by atoms with Gasteiger partial charge in [-0.2, -0.15) is 0 Å². The zero-order valence-corrected chi connectivity index (χ0v) is 17.3. The van der Waals surface area contributed by atoms with E-state index in [1.165, 1.54) is 6.07 Å². The fourth-order valence-electron chi connectivity index (χ4n) is 4.11. The number of fused-ring (bicyclic) bond motifs is 3. The van der Waals surface area contributed by atoms with Crippen LogP contribution < -0.4 is 16.5 Å². The van der Waals surface area contributed by atoms with Gasteiger partial charge in [0, 0.05) is 25.0 Å². The highest BCUT2D eigenvalue weighted by Crippen LogP contribution is 2.28. The summed E-state index contributed by atoms with van der Waals surface area (Å²) in [6.07, 6.45) is 0. The molecule has 31 heavy (non-hydrogen) atoms. The predicted octanol–water partition coefficient (Wildman–Crippen LogP) is 4.36. The van der Waals surface area contributed by atoms with Gasteiger partial charge in [-0.3, -0.25) is 9.48 Å². The number of nitrogens with zero attached hydrogens (tertiary/aromatic N) is 2. The number of anilines is 1. The monoisotopic (exact) mass is 411 g/mol. The molecule has 0 saturated heterocycles. The molecule has 0 aliphatic carbocycles. The molecule has 0 aliphatic rings. The van der Waals surface area contributed by atoms with E-state index in [-0.39, 0.29) is 5.56 Å². The smallest absolute Gasteiger partial charge is 0.336 e. The lowest BCUT2D eigenvalue weighted by Gasteiger charge is -2.10. The van der Waals surface area contributed by atoms with Gasteiger partial charge in [0.1, 0.15) is 11.3 Å². The molecule has 0 fully saturated rings. The Hall–Kier alpha value is -4.06. The van der Waals surface area contributed by atoms with Crippen LogP contribution in [0, 0.1) is 6.92 Å². The maximum atomic E-state index is 13.2. The first-order valence-corrected chi connectivity index (χ1v) is 10.1. The highest BCUT2D eigenvalue weighted by molar-refractivity contribution is 6.07. The molecule has 3 aromatic carbocycles. The first-order valence-electron chi connectivity index (χ1n) is 10.1. The van der Waals surface area contributed by atoms with E-state index in [2.05, 4.69) is 5.32 Å². The Kier molecular flexibility index (Phi) is 4.47. The fraction of sp³-hybridized carbons (Fsp3) is 0.120. The van der Waals surface area contributed by atoms with Crippen LogP contribution >= 0.6 is 0 Å². The van der Waals surface area contributed by atoms with E-state index in [1.807, 2.05) is 85.4 Å². The van der Waals surface area contributed by atoms with Crippen LogP contribution in [0.25, 0.3) is 27.4 Å². The van der Waals surface area contributed by atoms with E-state index in [0.717, 1.165) is 33.1 Å². The normalized spacial score (nSPS) is 11.3. The van der Waals surface area contributed by atoms with E-state index in [9.17, 15) is 9.59 Å². The van der Waals surface area contributed by atoms with Crippen LogP contribution in [0.3, 0.4) is 0 Å². The number of nitrogens with one attached hydrogen (secondary N) is 1. The molecule has 5 aromatic rings. The van der Waals surface area contributed by atoms with Crippen molar-refractivity contribution >= 4 is 27.4 Å². The van der Waals surface area contributed by atoms with Crippen molar-refractivity contribution in [1.29, 1.82) is 0 Å². The molecule has 5 rings (SSSR count). The lowest BCUT2D eigenvalue weighted by Crippen LogP contribution is -2.21. The molecule has 0 spiro atoms. The number of aromatic nitrogens is 2. The summed E-state index contributed by atoms with van der Waals surface area (Å²) >= 11 is 0. The SMILES string of the molecule is Cc1c(NCc2cc(=O)oc3ccc4ccccc4c23)c(=O)n(-c2ccccc2)n1C. The van der Waals surface area contributed by atoms with Crippen LogP contribution in [0.15, 0.2) is 86.8 Å². The molecule has 0 amide bonds. The summed E-state index contributed by atoms with van der Waals surface area (Å²) in [7, 11) is 1.86. The van der Waals surface area contributed by atoms with Gasteiger partial charge in [-0.25, -0.2) is 9.48 Å². The fourth-order valence-corrected chi connectivity index (χ4v) is 4.11. The van der Waals surface area contributed by atoms with Gasteiger partial charge < -0.3 is 9.73 Å². The highest BCUT2D eigenvalue weighted by Gasteiger charge is 2.17. The van der Waals surface area contributed by atoms with Gasteiger partial charge in [-0.1, -0.05) is 48.5 Å². The van der Waals surface area contributed by atoms with Crippen molar-refractivity contribution < 1.29 is 4.42 Å². The van der Waals surface area contributed by atoms with Crippen LogP contribution in [-0.4, -0.2) is 9.36 Å². The van der Waals surface area contributed by atoms with E-state index >= 15 is 0 Å². The van der Waals surface area contributed by atoms with Crippen LogP contribution in [0.4, 0.5) is 5.69 Å². The second-order valence-corrected chi connectivity index (χ2v) is 7.54. The predicted molar refractivity (Wildman–Crippen MR) is 123 cm³/mol. The summed E-state index contributed by atoms with van der Waals surface area (Å²) in [4.78, 5) is 25.3. The number of benzene rings is 3. The van der Waals surface area contributed by atoms with Gasteiger partial charge >= 0.3 is 5.63 Å². The quantitative estimate of drug-likeness (QED) is 0.353. The van der Waals surface area contributed by atoms with Gasteiger partial charge in [0.25, 0.3) is 5.56 Å². The maximum Gasteiger partial charge on any atom is 0.336 e. The number of hydrogen-bond donors (Lipinski definition) is 1. The third-order valence-corrected chi connectivity index (χ3v) is 5.72. The van der Waals surface area contributed by atoms with Crippen molar-refractivity contribution in [3.05, 3.63) is 105 Å². The third kappa shape index (κ3) is 3.13. The first kappa shape index (κ1) is 18.9. The summed E-state index contributed by atoms with van der Waals surface area (Å²) in [5.41, 5.74) is 2.89. The second kappa shape index (κ2) is 7.32. The summed E-state index contributed by atoms with van der Waals surface area (Å²) in [5, 5.41) is 6.22. The Morgan fingerprint density at radius 1 is 0.935 bits per heavy atom. The Morgan fingerprint density at radius 3 is 2.48 bits per heavy atom. The molecule has 2 heterocycles. The molecule has 0 atom stereocenters. The lowest BCUT2D eigenvalue weighted by atomic mass is 10.0. The molecular weight excluding hydrogens is 390 g/mol. The van der Waals surface area contributed by atoms with Gasteiger partial charge in [0.05, 0.1) is 11.4 Å².